The zero-order chi connectivity index (χ0) is 19.8. The van der Waals surface area contributed by atoms with Crippen LogP contribution in [-0.2, 0) is 9.53 Å². The van der Waals surface area contributed by atoms with Gasteiger partial charge in [0.1, 0.15) is 0 Å². The number of amides is 2. The number of thioether (sulfide) groups is 2. The Hall–Kier alpha value is -2.45. The molecule has 2 aromatic carbocycles. The Labute approximate surface area is 171 Å². The molecule has 1 heterocycles. The summed E-state index contributed by atoms with van der Waals surface area (Å²) >= 11 is 3.82. The quantitative estimate of drug-likeness (QED) is 0.575. The molecular weight excluding hydrogens is 396 g/mol. The van der Waals surface area contributed by atoms with Gasteiger partial charge in [0, 0.05) is 5.56 Å². The van der Waals surface area contributed by atoms with Crippen molar-refractivity contribution in [3.8, 4) is 0 Å². The highest BCUT2D eigenvalue weighted by atomic mass is 32.2. The van der Waals surface area contributed by atoms with Crippen molar-refractivity contribution in [3.63, 3.8) is 0 Å². The maximum absolute atomic E-state index is 12.1. The molecule has 0 saturated carbocycles. The van der Waals surface area contributed by atoms with Gasteiger partial charge in [0.05, 0.1) is 10.1 Å². The Bertz CT molecular complexity index is 822. The van der Waals surface area contributed by atoms with Crippen molar-refractivity contribution in [3.05, 3.63) is 71.3 Å². The Morgan fingerprint density at radius 3 is 2.25 bits per heavy atom. The topological polar surface area (TPSA) is 84.5 Å². The van der Waals surface area contributed by atoms with E-state index in [-0.39, 0.29) is 0 Å². The zero-order valence-electron chi connectivity index (χ0n) is 15.1. The van der Waals surface area contributed by atoms with Crippen molar-refractivity contribution < 1.29 is 19.1 Å². The number of hydrogen-bond acceptors (Lipinski definition) is 6. The van der Waals surface area contributed by atoms with Crippen LogP contribution in [0.5, 0.6) is 0 Å². The fourth-order valence-corrected chi connectivity index (χ4v) is 5.39. The number of hydrazine groups is 1. The van der Waals surface area contributed by atoms with Crippen molar-refractivity contribution in [1.29, 1.82) is 0 Å². The molecule has 0 aromatic heterocycles. The third-order valence-corrected chi connectivity index (χ3v) is 6.95. The molecule has 6 nitrogen and oxygen atoms in total. The molecule has 28 heavy (non-hydrogen) atoms. The van der Waals surface area contributed by atoms with E-state index < -0.39 is 24.4 Å². The summed E-state index contributed by atoms with van der Waals surface area (Å²) < 4.78 is 5.40. The molecule has 0 bridgehead atoms. The van der Waals surface area contributed by atoms with Crippen LogP contribution in [-0.4, -0.2) is 35.9 Å². The Kier molecular flexibility index (Phi) is 7.39. The molecule has 1 aliphatic heterocycles. The van der Waals surface area contributed by atoms with Crippen LogP contribution in [0, 0.1) is 0 Å². The fourth-order valence-electron chi connectivity index (χ4n) is 2.50. The number of carbonyl (C=O) groups is 3. The number of rotatable bonds is 5. The summed E-state index contributed by atoms with van der Waals surface area (Å²) in [5.41, 5.74) is 6.46. The molecule has 146 valence electrons. The van der Waals surface area contributed by atoms with Gasteiger partial charge in [-0.3, -0.25) is 20.4 Å². The maximum Gasteiger partial charge on any atom is 0.338 e. The summed E-state index contributed by atoms with van der Waals surface area (Å²) in [5.74, 6) is 0.646. The second kappa shape index (κ2) is 10.2. The molecule has 0 radical (unpaired) electrons. The van der Waals surface area contributed by atoms with Crippen molar-refractivity contribution in [2.75, 3.05) is 18.1 Å². The summed E-state index contributed by atoms with van der Waals surface area (Å²) in [6.07, 6.45) is 1.23. The minimum absolute atomic E-state index is 0.385. The van der Waals surface area contributed by atoms with Crippen LogP contribution in [0.4, 0.5) is 0 Å². The lowest BCUT2D eigenvalue weighted by Crippen LogP contribution is -2.43. The fraction of sp³-hybridized carbons (Fsp3) is 0.250. The van der Waals surface area contributed by atoms with Gasteiger partial charge in [0.15, 0.2) is 6.61 Å². The van der Waals surface area contributed by atoms with Gasteiger partial charge < -0.3 is 4.74 Å². The van der Waals surface area contributed by atoms with E-state index in [0.717, 1.165) is 11.5 Å². The summed E-state index contributed by atoms with van der Waals surface area (Å²) in [7, 11) is 0. The van der Waals surface area contributed by atoms with Gasteiger partial charge in [-0.1, -0.05) is 30.3 Å². The first-order valence-corrected chi connectivity index (χ1v) is 10.9. The number of hydrogen-bond donors (Lipinski definition) is 2. The third-order valence-electron chi connectivity index (χ3n) is 3.93. The molecule has 2 N–H and O–H groups in total. The van der Waals surface area contributed by atoms with E-state index in [9.17, 15) is 14.4 Å². The van der Waals surface area contributed by atoms with Crippen molar-refractivity contribution in [2.45, 2.75) is 11.0 Å². The van der Waals surface area contributed by atoms with E-state index in [1.54, 1.807) is 42.5 Å². The van der Waals surface area contributed by atoms with E-state index in [2.05, 4.69) is 10.9 Å². The summed E-state index contributed by atoms with van der Waals surface area (Å²) in [6.45, 7) is -0.482. The Balaban J connectivity index is 1.43. The van der Waals surface area contributed by atoms with E-state index in [1.165, 1.54) is 12.0 Å². The van der Waals surface area contributed by atoms with Crippen molar-refractivity contribution in [2.24, 2.45) is 0 Å². The molecule has 0 spiro atoms. The molecule has 1 saturated heterocycles. The van der Waals surface area contributed by atoms with Crippen molar-refractivity contribution in [1.82, 2.24) is 10.9 Å². The number of benzene rings is 2. The van der Waals surface area contributed by atoms with Gasteiger partial charge in [-0.25, -0.2) is 4.79 Å². The summed E-state index contributed by atoms with van der Waals surface area (Å²) in [4.78, 5) is 35.7. The lowest BCUT2D eigenvalue weighted by atomic mass is 10.1. The average Bonchev–Trinajstić information content (AvgIpc) is 2.77. The van der Waals surface area contributed by atoms with Crippen LogP contribution in [0.25, 0.3) is 0 Å². The normalized spacial score (nSPS) is 14.1. The Morgan fingerprint density at radius 2 is 1.57 bits per heavy atom. The standard InChI is InChI=1S/C20H20N2O4S2/c23-17(21-22-18(24)14-5-2-1-3-6-14)13-26-19(25)15-7-9-16(10-8-15)20-27-11-4-12-28-20/h1-3,5-10,20H,4,11-13H2,(H,21,23)(H,22,24). The van der Waals surface area contributed by atoms with Gasteiger partial charge in [0.2, 0.25) is 0 Å². The number of nitrogens with one attached hydrogen (secondary N) is 2. The highest BCUT2D eigenvalue weighted by Gasteiger charge is 2.17. The number of esters is 1. The molecule has 8 heteroatoms. The zero-order valence-corrected chi connectivity index (χ0v) is 16.7. The first-order valence-electron chi connectivity index (χ1n) is 8.78. The maximum atomic E-state index is 12.1. The van der Waals surface area contributed by atoms with Crippen LogP contribution in [0.2, 0.25) is 0 Å². The van der Waals surface area contributed by atoms with E-state index in [1.807, 2.05) is 35.7 Å². The molecule has 0 unspecified atom stereocenters. The largest absolute Gasteiger partial charge is 0.452 e. The van der Waals surface area contributed by atoms with E-state index >= 15 is 0 Å². The van der Waals surface area contributed by atoms with E-state index in [0.29, 0.717) is 15.7 Å². The lowest BCUT2D eigenvalue weighted by Gasteiger charge is -2.21. The predicted molar refractivity (Wildman–Crippen MR) is 111 cm³/mol. The molecule has 2 amide bonds. The van der Waals surface area contributed by atoms with Crippen LogP contribution < -0.4 is 10.9 Å². The lowest BCUT2D eigenvalue weighted by molar-refractivity contribution is -0.125. The molecule has 1 fully saturated rings. The first-order chi connectivity index (χ1) is 13.6. The highest BCUT2D eigenvalue weighted by Crippen LogP contribution is 2.43. The number of ether oxygens (including phenoxy) is 1. The van der Waals surface area contributed by atoms with Crippen LogP contribution in [0.1, 0.15) is 37.3 Å². The first kappa shape index (κ1) is 20.3. The smallest absolute Gasteiger partial charge is 0.338 e. The summed E-state index contributed by atoms with van der Waals surface area (Å²) in [6, 6.07) is 15.7. The molecule has 3 rings (SSSR count). The van der Waals surface area contributed by atoms with E-state index in [4.69, 9.17) is 4.74 Å². The van der Waals surface area contributed by atoms with Crippen LogP contribution in [0.3, 0.4) is 0 Å². The third kappa shape index (κ3) is 5.77. The minimum Gasteiger partial charge on any atom is -0.452 e. The molecule has 0 aliphatic carbocycles. The Morgan fingerprint density at radius 1 is 0.893 bits per heavy atom. The minimum atomic E-state index is -0.621. The SMILES string of the molecule is O=C(COC(=O)c1ccc(C2SCCCS2)cc1)NNC(=O)c1ccccc1. The van der Waals surface area contributed by atoms with Gasteiger partial charge in [-0.15, -0.1) is 23.5 Å². The van der Waals surface area contributed by atoms with Gasteiger partial charge in [0.25, 0.3) is 11.8 Å². The predicted octanol–water partition coefficient (Wildman–Crippen LogP) is 3.17. The average molecular weight is 417 g/mol. The summed E-state index contributed by atoms with van der Waals surface area (Å²) in [5, 5.41) is 0. The molecule has 1 aliphatic rings. The molecule has 2 aromatic rings. The van der Waals surface area contributed by atoms with Crippen LogP contribution >= 0.6 is 23.5 Å². The molecule has 0 atom stereocenters. The highest BCUT2D eigenvalue weighted by molar-refractivity contribution is 8.16. The van der Waals surface area contributed by atoms with Gasteiger partial charge in [-0.2, -0.15) is 0 Å². The van der Waals surface area contributed by atoms with Crippen molar-refractivity contribution >= 4 is 41.3 Å². The van der Waals surface area contributed by atoms with Crippen LogP contribution in [0.15, 0.2) is 54.6 Å². The monoisotopic (exact) mass is 416 g/mol. The van der Waals surface area contributed by atoms with Gasteiger partial charge >= 0.3 is 5.97 Å². The second-order valence-electron chi connectivity index (χ2n) is 5.99. The van der Waals surface area contributed by atoms with Gasteiger partial charge in [-0.05, 0) is 47.8 Å². The second-order valence-corrected chi connectivity index (χ2v) is 8.72. The molecular formula is C20H20N2O4S2. The number of carbonyl (C=O) groups excluding carboxylic acids is 3.